The van der Waals surface area contributed by atoms with Gasteiger partial charge in [-0.25, -0.2) is 9.36 Å². The lowest BCUT2D eigenvalue weighted by Gasteiger charge is -2.35. The first-order chi connectivity index (χ1) is 24.2. The Morgan fingerprint density at radius 2 is 1.12 bits per heavy atom. The van der Waals surface area contributed by atoms with E-state index < -0.39 is 0 Å². The zero-order valence-electron chi connectivity index (χ0n) is 28.7. The molecule has 0 saturated carbocycles. The predicted molar refractivity (Wildman–Crippen MR) is 200 cm³/mol. The molecule has 272 valence electrons. The summed E-state index contributed by atoms with van der Waals surface area (Å²) in [6.45, 7) is 13.6. The number of unbranched alkanes of at least 4 members (excludes halogenated alkanes) is 2. The van der Waals surface area contributed by atoms with E-state index in [4.69, 9.17) is 65.4 Å². The molecule has 0 N–H and O–H groups in total. The summed E-state index contributed by atoms with van der Waals surface area (Å²) in [5, 5.41) is 10.9. The number of aromatic nitrogens is 4. The largest absolute Gasteiger partial charge is 0.477 e. The Balaban J connectivity index is 0.000000195. The van der Waals surface area contributed by atoms with Gasteiger partial charge in [-0.05, 0) is 89.0 Å². The minimum atomic E-state index is 0.320. The second kappa shape index (κ2) is 19.9. The normalized spacial score (nSPS) is 18.4. The van der Waals surface area contributed by atoms with Crippen molar-refractivity contribution in [3.63, 3.8) is 0 Å². The maximum absolute atomic E-state index is 6.05. The summed E-state index contributed by atoms with van der Waals surface area (Å²) in [5.74, 6) is 1.23. The molecule has 6 rings (SSSR count). The third-order valence-corrected chi connectivity index (χ3v) is 9.78. The van der Waals surface area contributed by atoms with Gasteiger partial charge in [0, 0.05) is 50.7 Å². The van der Waals surface area contributed by atoms with Gasteiger partial charge in [-0.1, -0.05) is 46.4 Å². The zero-order chi connectivity index (χ0) is 35.3. The van der Waals surface area contributed by atoms with Crippen LogP contribution < -0.4 is 9.47 Å². The van der Waals surface area contributed by atoms with Crippen molar-refractivity contribution in [3.05, 3.63) is 81.0 Å². The third kappa shape index (κ3) is 12.3. The van der Waals surface area contributed by atoms with Gasteiger partial charge >= 0.3 is 0 Å². The SMILES string of the molecule is C[C@@H]1CN(CCCCOc2ccn(-c3ccc(Cl)c(Cl)c3)n2)C[C@H](C)O1.Clc1ccc(-n2ccc(OCCCCN3CCOCC3)n2)cc1Cl. The van der Waals surface area contributed by atoms with Gasteiger partial charge in [-0.3, -0.25) is 9.80 Å². The lowest BCUT2D eigenvalue weighted by Crippen LogP contribution is -2.45. The maximum atomic E-state index is 6.05. The van der Waals surface area contributed by atoms with Crippen molar-refractivity contribution in [2.24, 2.45) is 0 Å². The van der Waals surface area contributed by atoms with E-state index in [0.717, 1.165) is 89.5 Å². The summed E-state index contributed by atoms with van der Waals surface area (Å²) in [7, 11) is 0. The molecule has 14 heteroatoms. The fraction of sp³-hybridized carbons (Fsp3) is 0.500. The molecule has 0 spiro atoms. The van der Waals surface area contributed by atoms with Crippen molar-refractivity contribution >= 4 is 46.4 Å². The minimum absolute atomic E-state index is 0.320. The molecule has 0 radical (unpaired) electrons. The zero-order valence-corrected chi connectivity index (χ0v) is 31.7. The van der Waals surface area contributed by atoms with Crippen LogP contribution >= 0.6 is 46.4 Å². The summed E-state index contributed by atoms with van der Waals surface area (Å²) in [6, 6.07) is 14.5. The number of hydrogen-bond donors (Lipinski definition) is 0. The average molecular weight is 769 g/mol. The smallest absolute Gasteiger partial charge is 0.233 e. The van der Waals surface area contributed by atoms with Crippen molar-refractivity contribution in [1.82, 2.24) is 29.4 Å². The molecule has 2 aromatic heterocycles. The molecule has 0 aliphatic carbocycles. The highest BCUT2D eigenvalue weighted by Crippen LogP contribution is 2.26. The highest BCUT2D eigenvalue weighted by molar-refractivity contribution is 6.42. The van der Waals surface area contributed by atoms with Gasteiger partial charge in [0.15, 0.2) is 0 Å². The highest BCUT2D eigenvalue weighted by atomic mass is 35.5. The Morgan fingerprint density at radius 1 is 0.640 bits per heavy atom. The maximum Gasteiger partial charge on any atom is 0.233 e. The summed E-state index contributed by atoms with van der Waals surface area (Å²) in [5.41, 5.74) is 1.70. The van der Waals surface area contributed by atoms with Gasteiger partial charge in [0.05, 0.1) is 70.1 Å². The number of morpholine rings is 2. The highest BCUT2D eigenvalue weighted by Gasteiger charge is 2.21. The first-order valence-corrected chi connectivity index (χ1v) is 18.7. The van der Waals surface area contributed by atoms with Gasteiger partial charge in [0.25, 0.3) is 0 Å². The van der Waals surface area contributed by atoms with E-state index in [9.17, 15) is 0 Å². The number of ether oxygens (including phenoxy) is 4. The number of nitrogens with zero attached hydrogens (tertiary/aromatic N) is 6. The molecule has 2 saturated heterocycles. The molecule has 10 nitrogen and oxygen atoms in total. The molecule has 0 amide bonds. The molecule has 0 unspecified atom stereocenters. The van der Waals surface area contributed by atoms with Crippen LogP contribution in [0.25, 0.3) is 11.4 Å². The van der Waals surface area contributed by atoms with Crippen LogP contribution in [-0.4, -0.2) is 107 Å². The molecule has 4 aromatic rings. The molecular formula is C36H46Cl4N6O4. The fourth-order valence-corrected chi connectivity index (χ4v) is 6.42. The molecule has 2 aliphatic heterocycles. The second-order valence-electron chi connectivity index (χ2n) is 12.5. The molecule has 2 aromatic carbocycles. The Hall–Kier alpha value is -2.54. The van der Waals surface area contributed by atoms with Gasteiger partial charge in [-0.2, -0.15) is 0 Å². The summed E-state index contributed by atoms with van der Waals surface area (Å²) >= 11 is 24.0. The van der Waals surface area contributed by atoms with Crippen LogP contribution in [0.5, 0.6) is 11.8 Å². The van der Waals surface area contributed by atoms with Gasteiger partial charge in [-0.15, -0.1) is 10.2 Å². The van der Waals surface area contributed by atoms with E-state index in [1.807, 2.05) is 36.7 Å². The predicted octanol–water partition coefficient (Wildman–Crippen LogP) is 8.12. The number of benzene rings is 2. The van der Waals surface area contributed by atoms with Gasteiger partial charge in [0.1, 0.15) is 0 Å². The molecule has 4 heterocycles. The summed E-state index contributed by atoms with van der Waals surface area (Å²) < 4.78 is 26.0. The first kappa shape index (κ1) is 38.7. The summed E-state index contributed by atoms with van der Waals surface area (Å²) in [6.07, 6.45) is 8.58. The van der Waals surface area contributed by atoms with Crippen LogP contribution in [0.1, 0.15) is 39.5 Å². The lowest BCUT2D eigenvalue weighted by atomic mass is 10.2. The standard InChI is InChI=1S/C19H25Cl2N3O2.C17H21Cl2N3O2/c1-14-12-23(13-15(2)26-14)8-3-4-10-25-19-7-9-24(22-19)16-5-6-17(20)18(21)11-16;18-15-4-3-14(13-16(15)19)22-7-5-17(20-22)24-10-2-1-6-21-8-11-23-12-9-21/h5-7,9,11,14-15H,3-4,8,10,12-13H2,1-2H3;3-5,7,13H,1-2,6,8-12H2/t14-,15+;. The van der Waals surface area contributed by atoms with Crippen molar-refractivity contribution in [3.8, 4) is 23.1 Å². The Morgan fingerprint density at radius 3 is 1.60 bits per heavy atom. The van der Waals surface area contributed by atoms with Crippen LogP contribution in [0, 0.1) is 0 Å². The van der Waals surface area contributed by atoms with E-state index in [1.54, 1.807) is 33.6 Å². The summed E-state index contributed by atoms with van der Waals surface area (Å²) in [4.78, 5) is 4.90. The Labute approximate surface area is 315 Å². The molecule has 50 heavy (non-hydrogen) atoms. The van der Waals surface area contributed by atoms with Crippen LogP contribution in [0.15, 0.2) is 60.9 Å². The molecule has 2 fully saturated rings. The quantitative estimate of drug-likeness (QED) is 0.119. The number of rotatable bonds is 14. The van der Waals surface area contributed by atoms with Crippen LogP contribution in [0.4, 0.5) is 0 Å². The first-order valence-electron chi connectivity index (χ1n) is 17.2. The van der Waals surface area contributed by atoms with E-state index in [0.29, 0.717) is 57.3 Å². The molecular weight excluding hydrogens is 722 g/mol. The van der Waals surface area contributed by atoms with Crippen LogP contribution in [0.3, 0.4) is 0 Å². The second-order valence-corrected chi connectivity index (χ2v) is 14.1. The molecule has 0 bridgehead atoms. The molecule has 2 aliphatic rings. The van der Waals surface area contributed by atoms with Crippen LogP contribution in [0.2, 0.25) is 20.1 Å². The monoisotopic (exact) mass is 766 g/mol. The van der Waals surface area contributed by atoms with Crippen molar-refractivity contribution < 1.29 is 18.9 Å². The Bertz CT molecular complexity index is 1600. The van der Waals surface area contributed by atoms with E-state index >= 15 is 0 Å². The van der Waals surface area contributed by atoms with Crippen LogP contribution in [-0.2, 0) is 9.47 Å². The van der Waals surface area contributed by atoms with E-state index in [-0.39, 0.29) is 0 Å². The lowest BCUT2D eigenvalue weighted by molar-refractivity contribution is -0.0682. The van der Waals surface area contributed by atoms with Crippen molar-refractivity contribution in [1.29, 1.82) is 0 Å². The van der Waals surface area contributed by atoms with E-state index in [2.05, 4.69) is 33.8 Å². The number of halogens is 4. The Kier molecular flexibility index (Phi) is 15.4. The molecule has 2 atom stereocenters. The van der Waals surface area contributed by atoms with Crippen molar-refractivity contribution in [2.75, 3.05) is 65.7 Å². The fourth-order valence-electron chi connectivity index (χ4n) is 5.83. The topological polar surface area (TPSA) is 79.0 Å². The van der Waals surface area contributed by atoms with Gasteiger partial charge in [0.2, 0.25) is 11.8 Å². The number of hydrogen-bond acceptors (Lipinski definition) is 8. The minimum Gasteiger partial charge on any atom is -0.477 e. The van der Waals surface area contributed by atoms with Gasteiger partial charge < -0.3 is 18.9 Å². The van der Waals surface area contributed by atoms with Crippen molar-refractivity contribution in [2.45, 2.75) is 51.7 Å². The third-order valence-electron chi connectivity index (χ3n) is 8.30. The average Bonchev–Trinajstić information content (AvgIpc) is 3.78. The van der Waals surface area contributed by atoms with E-state index in [1.165, 1.54) is 0 Å².